The fourth-order valence-electron chi connectivity index (χ4n) is 3.71. The number of hydrogen-bond donors (Lipinski definition) is 2. The van der Waals surface area contributed by atoms with Gasteiger partial charge in [0, 0.05) is 23.0 Å². The summed E-state index contributed by atoms with van der Waals surface area (Å²) >= 11 is 0. The molecule has 5 heteroatoms. The first kappa shape index (κ1) is 16.8. The second-order valence-corrected chi connectivity index (χ2v) is 6.44. The fourth-order valence-corrected chi connectivity index (χ4v) is 3.71. The lowest BCUT2D eigenvalue weighted by atomic mass is 10.0. The van der Waals surface area contributed by atoms with E-state index in [0.717, 1.165) is 21.9 Å². The van der Waals surface area contributed by atoms with Gasteiger partial charge in [-0.05, 0) is 22.4 Å². The molecule has 0 aliphatic carbocycles. The van der Waals surface area contributed by atoms with Crippen molar-refractivity contribution in [3.05, 3.63) is 83.6 Å². The van der Waals surface area contributed by atoms with Crippen molar-refractivity contribution in [3.63, 3.8) is 0 Å². The average Bonchev–Trinajstić information content (AvgIpc) is 2.95. The van der Waals surface area contributed by atoms with Crippen molar-refractivity contribution >= 4 is 33.6 Å². The first-order chi connectivity index (χ1) is 13.1. The van der Waals surface area contributed by atoms with Gasteiger partial charge in [0.15, 0.2) is 0 Å². The molecule has 4 aromatic rings. The van der Waals surface area contributed by atoms with Crippen molar-refractivity contribution in [1.29, 1.82) is 0 Å². The Labute approximate surface area is 155 Å². The third kappa shape index (κ3) is 2.93. The highest BCUT2D eigenvalue weighted by atomic mass is 16.4. The standard InChI is InChI=1S/C22H17NO4/c24-20(25)12-18-17-10-3-4-11-19(17)23(21(18)22(26)27)13-15-8-5-7-14-6-1-2-9-16(14)15/h1-11H,12-13H2,(H,24,25)(H,26,27). The maximum atomic E-state index is 12.0. The molecule has 27 heavy (non-hydrogen) atoms. The predicted octanol–water partition coefficient (Wildman–Crippen LogP) is 4.17. The summed E-state index contributed by atoms with van der Waals surface area (Å²) in [5, 5.41) is 21.9. The number of rotatable bonds is 5. The molecule has 2 N–H and O–H groups in total. The number of aromatic nitrogens is 1. The third-order valence-electron chi connectivity index (χ3n) is 4.81. The zero-order chi connectivity index (χ0) is 19.0. The van der Waals surface area contributed by atoms with E-state index in [1.54, 1.807) is 16.7 Å². The van der Waals surface area contributed by atoms with Crippen LogP contribution in [0, 0.1) is 0 Å². The number of carboxylic acid groups (broad SMARTS) is 2. The summed E-state index contributed by atoms with van der Waals surface area (Å²) in [6.45, 7) is 0.350. The van der Waals surface area contributed by atoms with Gasteiger partial charge < -0.3 is 14.8 Å². The molecule has 0 aliphatic rings. The number of aliphatic carboxylic acids is 1. The molecule has 0 saturated heterocycles. The van der Waals surface area contributed by atoms with E-state index in [1.165, 1.54) is 0 Å². The lowest BCUT2D eigenvalue weighted by Crippen LogP contribution is -2.13. The minimum Gasteiger partial charge on any atom is -0.481 e. The van der Waals surface area contributed by atoms with Crippen LogP contribution in [0.5, 0.6) is 0 Å². The average molecular weight is 359 g/mol. The van der Waals surface area contributed by atoms with Crippen molar-refractivity contribution in [3.8, 4) is 0 Å². The molecule has 0 bridgehead atoms. The summed E-state index contributed by atoms with van der Waals surface area (Å²) in [7, 11) is 0. The van der Waals surface area contributed by atoms with Crippen LogP contribution < -0.4 is 0 Å². The van der Waals surface area contributed by atoms with Crippen LogP contribution in [0.15, 0.2) is 66.7 Å². The molecule has 0 unspecified atom stereocenters. The number of para-hydroxylation sites is 1. The van der Waals surface area contributed by atoms with Gasteiger partial charge in [-0.2, -0.15) is 0 Å². The number of hydrogen-bond acceptors (Lipinski definition) is 2. The van der Waals surface area contributed by atoms with Crippen LogP contribution in [-0.2, 0) is 17.8 Å². The van der Waals surface area contributed by atoms with E-state index in [9.17, 15) is 19.8 Å². The summed E-state index contributed by atoms with van der Waals surface area (Å²) in [6, 6.07) is 21.1. The lowest BCUT2D eigenvalue weighted by Gasteiger charge is -2.12. The second-order valence-electron chi connectivity index (χ2n) is 6.44. The SMILES string of the molecule is O=C(O)Cc1c(C(=O)O)n(Cc2cccc3ccccc23)c2ccccc12. The molecule has 0 spiro atoms. The highest BCUT2D eigenvalue weighted by molar-refractivity contribution is 6.00. The molecule has 1 heterocycles. The lowest BCUT2D eigenvalue weighted by molar-refractivity contribution is -0.136. The Hall–Kier alpha value is -3.60. The number of benzene rings is 3. The number of carbonyl (C=O) groups is 2. The van der Waals surface area contributed by atoms with Crippen LogP contribution in [0.25, 0.3) is 21.7 Å². The molecule has 4 rings (SSSR count). The van der Waals surface area contributed by atoms with Crippen LogP contribution in [0.2, 0.25) is 0 Å². The van der Waals surface area contributed by atoms with Gasteiger partial charge >= 0.3 is 11.9 Å². The van der Waals surface area contributed by atoms with E-state index >= 15 is 0 Å². The van der Waals surface area contributed by atoms with Crippen molar-refractivity contribution < 1.29 is 19.8 Å². The van der Waals surface area contributed by atoms with Crippen molar-refractivity contribution in [2.75, 3.05) is 0 Å². The molecular formula is C22H17NO4. The molecule has 0 fully saturated rings. The fraction of sp³-hybridized carbons (Fsp3) is 0.0909. The topological polar surface area (TPSA) is 79.5 Å². The van der Waals surface area contributed by atoms with Crippen molar-refractivity contribution in [1.82, 2.24) is 4.57 Å². The summed E-state index contributed by atoms with van der Waals surface area (Å²) in [5.41, 5.74) is 2.08. The van der Waals surface area contributed by atoms with E-state index in [2.05, 4.69) is 0 Å². The third-order valence-corrected chi connectivity index (χ3v) is 4.81. The number of fused-ring (bicyclic) bond motifs is 2. The van der Waals surface area contributed by atoms with Crippen LogP contribution >= 0.6 is 0 Å². The van der Waals surface area contributed by atoms with Crippen LogP contribution in [0.4, 0.5) is 0 Å². The molecule has 0 amide bonds. The van der Waals surface area contributed by atoms with Gasteiger partial charge in [0.2, 0.25) is 0 Å². The van der Waals surface area contributed by atoms with Gasteiger partial charge in [0.05, 0.1) is 6.42 Å². The molecule has 134 valence electrons. The Morgan fingerprint density at radius 1 is 0.815 bits per heavy atom. The quantitative estimate of drug-likeness (QED) is 0.560. The van der Waals surface area contributed by atoms with Gasteiger partial charge in [-0.1, -0.05) is 60.7 Å². The number of carboxylic acids is 2. The molecule has 0 atom stereocenters. The zero-order valence-electron chi connectivity index (χ0n) is 14.4. The van der Waals surface area contributed by atoms with Crippen LogP contribution in [-0.4, -0.2) is 26.7 Å². The van der Waals surface area contributed by atoms with Crippen molar-refractivity contribution in [2.45, 2.75) is 13.0 Å². The maximum Gasteiger partial charge on any atom is 0.352 e. The molecule has 3 aromatic carbocycles. The maximum absolute atomic E-state index is 12.0. The monoisotopic (exact) mass is 359 g/mol. The number of aromatic carboxylic acids is 1. The predicted molar refractivity (Wildman–Crippen MR) is 103 cm³/mol. The van der Waals surface area contributed by atoms with Gasteiger partial charge in [0.25, 0.3) is 0 Å². The molecule has 1 aromatic heterocycles. The van der Waals surface area contributed by atoms with E-state index < -0.39 is 11.9 Å². The molecule has 0 aliphatic heterocycles. The highest BCUT2D eigenvalue weighted by Crippen LogP contribution is 2.29. The zero-order valence-corrected chi connectivity index (χ0v) is 14.4. The van der Waals surface area contributed by atoms with Crippen molar-refractivity contribution in [2.24, 2.45) is 0 Å². The Morgan fingerprint density at radius 2 is 1.48 bits per heavy atom. The highest BCUT2D eigenvalue weighted by Gasteiger charge is 2.24. The van der Waals surface area contributed by atoms with E-state index in [0.29, 0.717) is 17.5 Å². The Bertz CT molecular complexity index is 1180. The summed E-state index contributed by atoms with van der Waals surface area (Å²) in [5.74, 6) is -2.17. The Morgan fingerprint density at radius 3 is 2.22 bits per heavy atom. The molecular weight excluding hydrogens is 342 g/mol. The molecule has 0 radical (unpaired) electrons. The summed E-state index contributed by atoms with van der Waals surface area (Å²) < 4.78 is 1.71. The van der Waals surface area contributed by atoms with Crippen LogP contribution in [0.1, 0.15) is 21.6 Å². The van der Waals surface area contributed by atoms with Gasteiger partial charge in [-0.3, -0.25) is 4.79 Å². The first-order valence-electron chi connectivity index (χ1n) is 8.58. The van der Waals surface area contributed by atoms with E-state index in [4.69, 9.17) is 0 Å². The van der Waals surface area contributed by atoms with Gasteiger partial charge in [0.1, 0.15) is 5.69 Å². The molecule has 5 nitrogen and oxygen atoms in total. The second kappa shape index (κ2) is 6.61. The number of nitrogens with zero attached hydrogens (tertiary/aromatic N) is 1. The largest absolute Gasteiger partial charge is 0.481 e. The van der Waals surface area contributed by atoms with E-state index in [1.807, 2.05) is 54.6 Å². The van der Waals surface area contributed by atoms with Gasteiger partial charge in [-0.15, -0.1) is 0 Å². The smallest absolute Gasteiger partial charge is 0.352 e. The summed E-state index contributed by atoms with van der Waals surface area (Å²) in [6.07, 6.45) is -0.329. The Balaban J connectivity index is 1.97. The normalized spacial score (nSPS) is 11.1. The minimum absolute atomic E-state index is 0.0338. The van der Waals surface area contributed by atoms with Gasteiger partial charge in [-0.25, -0.2) is 4.79 Å². The van der Waals surface area contributed by atoms with Crippen LogP contribution in [0.3, 0.4) is 0 Å². The molecule has 0 saturated carbocycles. The summed E-state index contributed by atoms with van der Waals surface area (Å²) in [4.78, 5) is 23.4. The van der Waals surface area contributed by atoms with E-state index in [-0.39, 0.29) is 12.1 Å². The first-order valence-corrected chi connectivity index (χ1v) is 8.58. The minimum atomic E-state index is -1.12. The Kier molecular flexibility index (Phi) is 4.12.